The summed E-state index contributed by atoms with van der Waals surface area (Å²) in [6, 6.07) is 0. The molecule has 2 aliphatic rings. The first-order chi connectivity index (χ1) is 14.6. The fraction of sp³-hybridized carbons (Fsp3) is 1.00. The molecule has 0 unspecified atom stereocenters. The van der Waals surface area contributed by atoms with Crippen molar-refractivity contribution in [2.45, 2.75) is 168 Å². The predicted molar refractivity (Wildman–Crippen MR) is 151 cm³/mol. The summed E-state index contributed by atoms with van der Waals surface area (Å²) in [4.78, 5) is 0. The van der Waals surface area contributed by atoms with Crippen LogP contribution in [0, 0.1) is 35.5 Å². The molecule has 2 saturated carbocycles. The third-order valence-electron chi connectivity index (χ3n) is 5.44. The molecule has 0 aliphatic heterocycles. The lowest BCUT2D eigenvalue weighted by atomic mass is 9.82. The lowest BCUT2D eigenvalue weighted by molar-refractivity contribution is 0.279. The molecule has 0 atom stereocenters. The summed E-state index contributed by atoms with van der Waals surface area (Å²) >= 11 is 0. The largest absolute Gasteiger partial charge is 0.0683 e. The zero-order valence-electron chi connectivity index (χ0n) is 25.2. The number of hydrogen-bond acceptors (Lipinski definition) is 0. The van der Waals surface area contributed by atoms with Crippen LogP contribution in [0.15, 0.2) is 0 Å². The van der Waals surface area contributed by atoms with Gasteiger partial charge in [-0.3, -0.25) is 0 Å². The minimum atomic E-state index is 0.833. The zero-order valence-corrected chi connectivity index (χ0v) is 25.2. The number of hydrogen-bond donors (Lipinski definition) is 0. The average Bonchev–Trinajstić information content (AvgIpc) is 3.01. The average molecular weight is 443 g/mol. The van der Waals surface area contributed by atoms with Crippen LogP contribution in [-0.4, -0.2) is 0 Å². The smallest absolute Gasteiger partial charge is 0.0391 e. The molecule has 0 aromatic carbocycles. The van der Waals surface area contributed by atoms with Gasteiger partial charge in [0.1, 0.15) is 0 Å². The van der Waals surface area contributed by atoms with E-state index in [0.717, 1.165) is 35.5 Å². The Morgan fingerprint density at radius 1 is 0.355 bits per heavy atom. The summed E-state index contributed by atoms with van der Waals surface area (Å²) in [7, 11) is 0. The van der Waals surface area contributed by atoms with E-state index in [4.69, 9.17) is 0 Å². The molecule has 0 radical (unpaired) electrons. The van der Waals surface area contributed by atoms with Crippen LogP contribution in [-0.2, 0) is 0 Å². The molecule has 0 spiro atoms. The predicted octanol–water partition coefficient (Wildman–Crippen LogP) is 12.2. The summed E-state index contributed by atoms with van der Waals surface area (Å²) in [5.41, 5.74) is 0. The molecule has 2 rings (SSSR count). The van der Waals surface area contributed by atoms with Gasteiger partial charge in [-0.15, -0.1) is 0 Å². The second-order valence-corrected chi connectivity index (χ2v) is 11.1. The van der Waals surface area contributed by atoms with Gasteiger partial charge in [0, 0.05) is 0 Å². The van der Waals surface area contributed by atoms with Gasteiger partial charge in [-0.05, 0) is 35.5 Å². The van der Waals surface area contributed by atoms with Gasteiger partial charge in [0.15, 0.2) is 0 Å². The monoisotopic (exact) mass is 443 g/mol. The van der Waals surface area contributed by atoms with Gasteiger partial charge < -0.3 is 0 Å². The summed E-state index contributed by atoms with van der Waals surface area (Å²) in [5, 5.41) is 0. The zero-order chi connectivity index (χ0) is 25.2. The highest BCUT2D eigenvalue weighted by Crippen LogP contribution is 2.29. The van der Waals surface area contributed by atoms with Gasteiger partial charge >= 0.3 is 0 Å². The van der Waals surface area contributed by atoms with Crippen LogP contribution in [0.5, 0.6) is 0 Å². The Balaban J connectivity index is -0.000000159. The van der Waals surface area contributed by atoms with Crippen LogP contribution in [0.2, 0.25) is 0 Å². The highest BCUT2D eigenvalue weighted by molar-refractivity contribution is 4.68. The van der Waals surface area contributed by atoms with Crippen molar-refractivity contribution in [3.63, 3.8) is 0 Å². The highest BCUT2D eigenvalue weighted by atomic mass is 14.2. The molecule has 2 fully saturated rings. The van der Waals surface area contributed by atoms with Crippen molar-refractivity contribution in [2.24, 2.45) is 35.5 Å². The van der Waals surface area contributed by atoms with E-state index in [1.165, 1.54) is 70.6 Å². The van der Waals surface area contributed by atoms with Crippen molar-refractivity contribution >= 4 is 0 Å². The summed E-state index contributed by atoms with van der Waals surface area (Å²) in [6.07, 6.45) is 16.4. The third-order valence-corrected chi connectivity index (χ3v) is 5.44. The maximum Gasteiger partial charge on any atom is -0.0391 e. The number of rotatable bonds is 2. The maximum absolute atomic E-state index is 2.37. The Morgan fingerprint density at radius 3 is 0.677 bits per heavy atom. The molecule has 194 valence electrons. The summed E-state index contributed by atoms with van der Waals surface area (Å²) in [6.45, 7) is 30.5. The van der Waals surface area contributed by atoms with Gasteiger partial charge in [0.05, 0.1) is 0 Å². The van der Waals surface area contributed by atoms with Gasteiger partial charge in [-0.25, -0.2) is 0 Å². The molecule has 0 heterocycles. The van der Waals surface area contributed by atoms with E-state index in [0.29, 0.717) is 0 Å². The molecule has 0 heteroatoms. The van der Waals surface area contributed by atoms with Crippen LogP contribution < -0.4 is 0 Å². The lowest BCUT2D eigenvalue weighted by Crippen LogP contribution is -2.12. The molecule has 0 aromatic heterocycles. The van der Waals surface area contributed by atoms with E-state index in [2.05, 4.69) is 69.2 Å². The minimum Gasteiger partial charge on any atom is -0.0683 e. The van der Waals surface area contributed by atoms with E-state index in [-0.39, 0.29) is 0 Å². The molecular formula is C31H70. The van der Waals surface area contributed by atoms with E-state index in [1.807, 2.05) is 27.7 Å². The van der Waals surface area contributed by atoms with E-state index in [9.17, 15) is 0 Å². The van der Waals surface area contributed by atoms with Crippen molar-refractivity contribution in [3.05, 3.63) is 0 Å². The lowest BCUT2D eigenvalue weighted by Gasteiger charge is -2.24. The molecule has 0 amide bonds. The second kappa shape index (κ2) is 30.0. The molecule has 2 aliphatic carbocycles. The van der Waals surface area contributed by atoms with Crippen LogP contribution in [0.25, 0.3) is 0 Å². The summed E-state index contributed by atoms with van der Waals surface area (Å²) < 4.78 is 0. The Hall–Kier alpha value is 0. The van der Waals surface area contributed by atoms with Crippen molar-refractivity contribution in [1.29, 1.82) is 0 Å². The molecule has 31 heavy (non-hydrogen) atoms. The van der Waals surface area contributed by atoms with Crippen molar-refractivity contribution in [1.82, 2.24) is 0 Å². The fourth-order valence-corrected chi connectivity index (χ4v) is 3.78. The molecule has 0 nitrogen and oxygen atoms in total. The van der Waals surface area contributed by atoms with Gasteiger partial charge in [0.2, 0.25) is 0 Å². The standard InChI is InChI=1S/C10H20.C9H18.2C4H10.2C2H6/c1-9(2)10-7-5-3-4-6-8-10;1-8(2)9-6-4-3-5-7-9;2*1-4(2)3;2*1-2/h9-10H,3-8H2,1-2H3;8-9H,3-7H2,1-2H3;2*4H,1-3H3;2*1-2H3. The Labute approximate surface area is 203 Å². The Morgan fingerprint density at radius 2 is 0.516 bits per heavy atom. The first-order valence-corrected chi connectivity index (χ1v) is 14.6. The summed E-state index contributed by atoms with van der Waals surface area (Å²) in [5.74, 6) is 5.63. The Bertz CT molecular complexity index is 248. The second-order valence-electron chi connectivity index (χ2n) is 11.1. The first-order valence-electron chi connectivity index (χ1n) is 14.6. The van der Waals surface area contributed by atoms with E-state index in [1.54, 1.807) is 0 Å². The van der Waals surface area contributed by atoms with Gasteiger partial charge in [0.25, 0.3) is 0 Å². The quantitative estimate of drug-likeness (QED) is 0.373. The third kappa shape index (κ3) is 37.6. The molecular weight excluding hydrogens is 372 g/mol. The maximum atomic E-state index is 2.37. The molecule has 0 N–H and O–H groups in total. The van der Waals surface area contributed by atoms with Crippen molar-refractivity contribution in [2.75, 3.05) is 0 Å². The van der Waals surface area contributed by atoms with Crippen LogP contribution in [0.4, 0.5) is 0 Å². The Kier molecular flexibility index (Phi) is 37.0. The molecule has 0 aromatic rings. The van der Waals surface area contributed by atoms with Crippen molar-refractivity contribution < 1.29 is 0 Å². The SMILES string of the molecule is CC.CC.CC(C)C.CC(C)C.CC(C)C1CCCCC1.CC(C)C1CCCCCC1. The molecule has 0 bridgehead atoms. The van der Waals surface area contributed by atoms with Crippen LogP contribution in [0.1, 0.15) is 168 Å². The molecule has 0 saturated heterocycles. The first kappa shape index (κ1) is 38.3. The minimum absolute atomic E-state index is 0.833. The topological polar surface area (TPSA) is 0 Å². The van der Waals surface area contributed by atoms with E-state index < -0.39 is 0 Å². The highest BCUT2D eigenvalue weighted by Gasteiger charge is 2.16. The van der Waals surface area contributed by atoms with Crippen LogP contribution in [0.3, 0.4) is 0 Å². The van der Waals surface area contributed by atoms with E-state index >= 15 is 0 Å². The van der Waals surface area contributed by atoms with Crippen LogP contribution >= 0.6 is 0 Å². The van der Waals surface area contributed by atoms with Crippen molar-refractivity contribution in [3.8, 4) is 0 Å². The van der Waals surface area contributed by atoms with Gasteiger partial charge in [-0.2, -0.15) is 0 Å². The fourth-order valence-electron chi connectivity index (χ4n) is 3.78. The normalized spacial score (nSPS) is 16.8. The van der Waals surface area contributed by atoms with Gasteiger partial charge in [-0.1, -0.05) is 168 Å².